The molecule has 5 nitrogen and oxygen atoms in total. The molecule has 0 aromatic heterocycles. The quantitative estimate of drug-likeness (QED) is 0.482. The molecule has 1 N–H and O–H groups in total. The average molecular weight is 324 g/mol. The van der Waals surface area contributed by atoms with Gasteiger partial charge in [0, 0.05) is 5.56 Å². The van der Waals surface area contributed by atoms with Crippen molar-refractivity contribution in [3.63, 3.8) is 0 Å². The molecule has 1 amide bonds. The van der Waals surface area contributed by atoms with Crippen molar-refractivity contribution in [1.29, 1.82) is 0 Å². The molecular weight excluding hydrogens is 304 g/mol. The van der Waals surface area contributed by atoms with E-state index in [-0.39, 0.29) is 5.91 Å². The molecule has 0 spiro atoms. The molecule has 0 bridgehead atoms. The highest BCUT2D eigenvalue weighted by Crippen LogP contribution is 2.13. The summed E-state index contributed by atoms with van der Waals surface area (Å²) in [5.41, 5.74) is 4.67. The summed E-state index contributed by atoms with van der Waals surface area (Å²) < 4.78 is 10.5. The number of carbonyl (C=O) groups excluding carboxylic acids is 1. The van der Waals surface area contributed by atoms with E-state index in [1.807, 2.05) is 31.2 Å². The van der Waals surface area contributed by atoms with Crippen LogP contribution in [0.4, 0.5) is 0 Å². The van der Waals surface area contributed by atoms with Crippen molar-refractivity contribution < 1.29 is 14.3 Å². The van der Waals surface area contributed by atoms with E-state index in [0.717, 1.165) is 11.3 Å². The van der Waals surface area contributed by atoms with Crippen LogP contribution >= 0.6 is 0 Å². The summed E-state index contributed by atoms with van der Waals surface area (Å²) in [6, 6.07) is 14.3. The van der Waals surface area contributed by atoms with Crippen molar-refractivity contribution in [2.45, 2.75) is 6.92 Å². The molecule has 2 aromatic rings. The minimum absolute atomic E-state index is 0.280. The molecule has 2 aromatic carbocycles. The molecule has 5 heteroatoms. The van der Waals surface area contributed by atoms with Crippen molar-refractivity contribution in [2.24, 2.45) is 5.10 Å². The number of methoxy groups -OCH3 is 1. The number of carbonyl (C=O) groups is 1. The minimum atomic E-state index is -0.280. The van der Waals surface area contributed by atoms with Crippen molar-refractivity contribution in [3.05, 3.63) is 72.3 Å². The number of ether oxygens (including phenoxy) is 2. The van der Waals surface area contributed by atoms with E-state index in [2.05, 4.69) is 17.1 Å². The van der Waals surface area contributed by atoms with Gasteiger partial charge in [-0.3, -0.25) is 4.79 Å². The first-order valence-electron chi connectivity index (χ1n) is 7.47. The standard InChI is InChI=1S/C19H20N2O3/c1-4-13-24-18-11-7-16(8-12-18)19(22)21-20-14(2)15-5-9-17(23-3)10-6-15/h4-12H,1,13H2,2-3H3,(H,21,22)/b20-14+. The summed E-state index contributed by atoms with van der Waals surface area (Å²) in [7, 11) is 1.61. The van der Waals surface area contributed by atoms with Gasteiger partial charge in [0.25, 0.3) is 5.91 Å². The lowest BCUT2D eigenvalue weighted by Crippen LogP contribution is -2.19. The third kappa shape index (κ3) is 4.71. The van der Waals surface area contributed by atoms with Crippen LogP contribution < -0.4 is 14.9 Å². The summed E-state index contributed by atoms with van der Waals surface area (Å²) in [6.07, 6.45) is 1.66. The van der Waals surface area contributed by atoms with Crippen LogP contribution in [0.25, 0.3) is 0 Å². The maximum Gasteiger partial charge on any atom is 0.271 e. The Hall–Kier alpha value is -3.08. The van der Waals surface area contributed by atoms with Gasteiger partial charge < -0.3 is 9.47 Å². The van der Waals surface area contributed by atoms with Gasteiger partial charge in [-0.1, -0.05) is 12.7 Å². The second-order valence-corrected chi connectivity index (χ2v) is 4.99. The van der Waals surface area contributed by atoms with Crippen LogP contribution in [-0.4, -0.2) is 25.3 Å². The van der Waals surface area contributed by atoms with Crippen LogP contribution in [0.3, 0.4) is 0 Å². The van der Waals surface area contributed by atoms with E-state index in [0.29, 0.717) is 23.6 Å². The van der Waals surface area contributed by atoms with Gasteiger partial charge in [0.15, 0.2) is 0 Å². The third-order valence-corrected chi connectivity index (χ3v) is 3.32. The molecule has 0 unspecified atom stereocenters. The Morgan fingerprint density at radius 3 is 2.25 bits per heavy atom. The first kappa shape index (κ1) is 17.3. The molecule has 0 saturated heterocycles. The number of hydrogen-bond donors (Lipinski definition) is 1. The topological polar surface area (TPSA) is 59.9 Å². The second-order valence-electron chi connectivity index (χ2n) is 4.99. The molecule has 0 radical (unpaired) electrons. The normalized spacial score (nSPS) is 10.8. The predicted molar refractivity (Wildman–Crippen MR) is 94.8 cm³/mol. The maximum absolute atomic E-state index is 12.1. The van der Waals surface area contributed by atoms with Crippen molar-refractivity contribution in [1.82, 2.24) is 5.43 Å². The zero-order chi connectivity index (χ0) is 17.4. The summed E-state index contributed by atoms with van der Waals surface area (Å²) >= 11 is 0. The molecule has 0 heterocycles. The van der Waals surface area contributed by atoms with Crippen LogP contribution in [0.5, 0.6) is 11.5 Å². The number of amides is 1. The Labute approximate surface area is 141 Å². The van der Waals surface area contributed by atoms with Gasteiger partial charge in [-0.05, 0) is 61.0 Å². The molecule has 0 aliphatic rings. The lowest BCUT2D eigenvalue weighted by molar-refractivity contribution is 0.0955. The Kier molecular flexibility index (Phi) is 6.14. The van der Waals surface area contributed by atoms with Crippen LogP contribution in [0.1, 0.15) is 22.8 Å². The minimum Gasteiger partial charge on any atom is -0.497 e. The largest absolute Gasteiger partial charge is 0.497 e. The van der Waals surface area contributed by atoms with Gasteiger partial charge in [0.05, 0.1) is 12.8 Å². The monoisotopic (exact) mass is 324 g/mol. The fraction of sp³-hybridized carbons (Fsp3) is 0.158. The lowest BCUT2D eigenvalue weighted by Gasteiger charge is -2.06. The number of nitrogens with zero attached hydrogens (tertiary/aromatic N) is 1. The molecule has 0 fully saturated rings. The van der Waals surface area contributed by atoms with Gasteiger partial charge in [-0.2, -0.15) is 5.10 Å². The zero-order valence-electron chi connectivity index (χ0n) is 13.8. The number of rotatable bonds is 7. The van der Waals surface area contributed by atoms with Crippen LogP contribution in [-0.2, 0) is 0 Å². The Balaban J connectivity index is 1.98. The molecule has 2 rings (SSSR count). The third-order valence-electron chi connectivity index (χ3n) is 3.32. The Bertz CT molecular complexity index is 719. The molecule has 0 aliphatic carbocycles. The maximum atomic E-state index is 12.1. The SMILES string of the molecule is C=CCOc1ccc(C(=O)N/N=C(\C)c2ccc(OC)cc2)cc1. The zero-order valence-corrected chi connectivity index (χ0v) is 13.8. The molecule has 24 heavy (non-hydrogen) atoms. The van der Waals surface area contributed by atoms with Gasteiger partial charge in [0.2, 0.25) is 0 Å². The molecule has 0 atom stereocenters. The van der Waals surface area contributed by atoms with Crippen molar-refractivity contribution in [2.75, 3.05) is 13.7 Å². The highest BCUT2D eigenvalue weighted by molar-refractivity contribution is 6.00. The van der Waals surface area contributed by atoms with Gasteiger partial charge in [0.1, 0.15) is 18.1 Å². The molecule has 0 saturated carbocycles. The van der Waals surface area contributed by atoms with E-state index < -0.39 is 0 Å². The first-order valence-corrected chi connectivity index (χ1v) is 7.47. The fourth-order valence-corrected chi connectivity index (χ4v) is 1.95. The average Bonchev–Trinajstić information content (AvgIpc) is 2.64. The highest BCUT2D eigenvalue weighted by Gasteiger charge is 2.05. The Morgan fingerprint density at radius 1 is 1.08 bits per heavy atom. The first-order chi connectivity index (χ1) is 11.6. The van der Waals surface area contributed by atoms with Gasteiger partial charge in [-0.15, -0.1) is 0 Å². The molecular formula is C19H20N2O3. The number of hydrazone groups is 1. The smallest absolute Gasteiger partial charge is 0.271 e. The van der Waals surface area contributed by atoms with Crippen LogP contribution in [0.15, 0.2) is 66.3 Å². The number of benzene rings is 2. The van der Waals surface area contributed by atoms with Gasteiger partial charge >= 0.3 is 0 Å². The van der Waals surface area contributed by atoms with E-state index in [1.54, 1.807) is 37.5 Å². The van der Waals surface area contributed by atoms with E-state index >= 15 is 0 Å². The summed E-state index contributed by atoms with van der Waals surface area (Å²) in [5.74, 6) is 1.18. The fourth-order valence-electron chi connectivity index (χ4n) is 1.95. The lowest BCUT2D eigenvalue weighted by atomic mass is 10.1. The van der Waals surface area contributed by atoms with E-state index in [4.69, 9.17) is 9.47 Å². The summed E-state index contributed by atoms with van der Waals surface area (Å²) in [5, 5.41) is 4.13. The highest BCUT2D eigenvalue weighted by atomic mass is 16.5. The van der Waals surface area contributed by atoms with Crippen LogP contribution in [0, 0.1) is 0 Å². The van der Waals surface area contributed by atoms with Crippen molar-refractivity contribution >= 4 is 11.6 Å². The number of nitrogens with one attached hydrogen (secondary N) is 1. The van der Waals surface area contributed by atoms with E-state index in [1.165, 1.54) is 0 Å². The molecule has 124 valence electrons. The summed E-state index contributed by atoms with van der Waals surface area (Å²) in [6.45, 7) is 5.84. The van der Waals surface area contributed by atoms with Crippen molar-refractivity contribution in [3.8, 4) is 11.5 Å². The predicted octanol–water partition coefficient (Wildman–Crippen LogP) is 3.41. The summed E-state index contributed by atoms with van der Waals surface area (Å²) in [4.78, 5) is 12.1. The van der Waals surface area contributed by atoms with E-state index in [9.17, 15) is 4.79 Å². The number of hydrogen-bond acceptors (Lipinski definition) is 4. The molecule has 0 aliphatic heterocycles. The van der Waals surface area contributed by atoms with Gasteiger partial charge in [-0.25, -0.2) is 5.43 Å². The second kappa shape index (κ2) is 8.53. The Morgan fingerprint density at radius 2 is 1.67 bits per heavy atom. The van der Waals surface area contributed by atoms with Crippen LogP contribution in [0.2, 0.25) is 0 Å².